The van der Waals surface area contributed by atoms with Crippen LogP contribution in [0.2, 0.25) is 0 Å². The molecule has 150 valence electrons. The van der Waals surface area contributed by atoms with Crippen molar-refractivity contribution in [2.75, 3.05) is 0 Å². The number of carbonyl (C=O) groups is 2. The number of H-pyrrole nitrogens is 1. The summed E-state index contributed by atoms with van der Waals surface area (Å²) in [5, 5.41) is 14.1. The van der Waals surface area contributed by atoms with Crippen molar-refractivity contribution in [2.24, 2.45) is 5.73 Å². The van der Waals surface area contributed by atoms with Crippen LogP contribution in [0, 0.1) is 0 Å². The summed E-state index contributed by atoms with van der Waals surface area (Å²) in [5.74, 6) is 0.00278. The monoisotopic (exact) mass is 392 g/mol. The average molecular weight is 392 g/mol. The van der Waals surface area contributed by atoms with E-state index in [1.54, 1.807) is 6.92 Å². The number of nitrogens with one attached hydrogen (secondary N) is 1. The first-order valence-electron chi connectivity index (χ1n) is 9.52. The van der Waals surface area contributed by atoms with E-state index in [9.17, 15) is 9.59 Å². The second-order valence-electron chi connectivity index (χ2n) is 6.84. The van der Waals surface area contributed by atoms with Gasteiger partial charge in [0, 0.05) is 18.5 Å². The second kappa shape index (κ2) is 9.09. The molecule has 8 nitrogen and oxygen atoms in total. The Bertz CT molecular complexity index is 969. The van der Waals surface area contributed by atoms with Gasteiger partial charge in [0.25, 0.3) is 0 Å². The molecule has 3 rings (SSSR count). The van der Waals surface area contributed by atoms with Crippen LogP contribution in [-0.4, -0.2) is 43.4 Å². The smallest absolute Gasteiger partial charge is 0.239 e. The lowest BCUT2D eigenvalue weighted by atomic mass is 9.98. The molecule has 3 N–H and O–H groups in total. The van der Waals surface area contributed by atoms with Crippen LogP contribution in [0.1, 0.15) is 32.3 Å². The molecule has 3 aromatic rings. The number of primary amides is 1. The van der Waals surface area contributed by atoms with Gasteiger partial charge in [-0.3, -0.25) is 9.59 Å². The zero-order chi connectivity index (χ0) is 20.8. The number of amides is 2. The topological polar surface area (TPSA) is 118 Å². The molecular formula is C21H24N6O2. The van der Waals surface area contributed by atoms with Crippen LogP contribution in [0.5, 0.6) is 0 Å². The number of hydrogen-bond acceptors (Lipinski definition) is 5. The van der Waals surface area contributed by atoms with Crippen molar-refractivity contribution < 1.29 is 9.59 Å². The van der Waals surface area contributed by atoms with E-state index in [1.165, 1.54) is 4.90 Å². The third-order valence-electron chi connectivity index (χ3n) is 4.81. The van der Waals surface area contributed by atoms with Gasteiger partial charge in [0.2, 0.25) is 11.8 Å². The third kappa shape index (κ3) is 4.66. The Hall–Kier alpha value is -3.55. The van der Waals surface area contributed by atoms with E-state index in [-0.39, 0.29) is 5.91 Å². The first kappa shape index (κ1) is 20.2. The lowest BCUT2D eigenvalue weighted by Crippen LogP contribution is -2.45. The summed E-state index contributed by atoms with van der Waals surface area (Å²) in [7, 11) is 0. The molecule has 0 aliphatic heterocycles. The highest BCUT2D eigenvalue weighted by atomic mass is 16.2. The zero-order valence-corrected chi connectivity index (χ0v) is 16.5. The molecule has 29 heavy (non-hydrogen) atoms. The molecule has 0 bridgehead atoms. The second-order valence-corrected chi connectivity index (χ2v) is 6.84. The molecule has 0 spiro atoms. The van der Waals surface area contributed by atoms with E-state index in [1.807, 2.05) is 55.5 Å². The molecule has 8 heteroatoms. The summed E-state index contributed by atoms with van der Waals surface area (Å²) in [5.41, 5.74) is 9.24. The molecular weight excluding hydrogens is 368 g/mol. The fraction of sp³-hybridized carbons (Fsp3) is 0.286. The lowest BCUT2D eigenvalue weighted by molar-refractivity contribution is -0.139. The molecule has 0 saturated heterocycles. The number of carbonyl (C=O) groups excluding carboxylic acids is 2. The predicted octanol–water partition coefficient (Wildman–Crippen LogP) is 2.54. The molecule has 0 unspecified atom stereocenters. The molecule has 0 aliphatic carbocycles. The van der Waals surface area contributed by atoms with Crippen molar-refractivity contribution >= 4 is 11.8 Å². The first-order valence-corrected chi connectivity index (χ1v) is 9.52. The van der Waals surface area contributed by atoms with Gasteiger partial charge in [-0.2, -0.15) is 0 Å². The SMILES string of the molecule is CCCC(=O)N(Cc1ccc(-c2ccccc2-c2nnn[nH]2)cc1)[C@@H](C)C(N)=O. The van der Waals surface area contributed by atoms with Gasteiger partial charge < -0.3 is 10.6 Å². The van der Waals surface area contributed by atoms with E-state index in [2.05, 4.69) is 20.6 Å². The number of nitrogens with two attached hydrogens (primary N) is 1. The van der Waals surface area contributed by atoms with Crippen molar-refractivity contribution in [3.05, 3.63) is 54.1 Å². The van der Waals surface area contributed by atoms with Gasteiger partial charge in [-0.25, -0.2) is 5.10 Å². The maximum absolute atomic E-state index is 12.5. The van der Waals surface area contributed by atoms with Crippen LogP contribution in [0.15, 0.2) is 48.5 Å². The number of tetrazole rings is 1. The van der Waals surface area contributed by atoms with Crippen LogP contribution < -0.4 is 5.73 Å². The van der Waals surface area contributed by atoms with E-state index < -0.39 is 11.9 Å². The molecule has 0 saturated carbocycles. The van der Waals surface area contributed by atoms with Gasteiger partial charge in [-0.1, -0.05) is 55.5 Å². The van der Waals surface area contributed by atoms with Crippen LogP contribution in [0.4, 0.5) is 0 Å². The molecule has 1 atom stereocenters. The lowest BCUT2D eigenvalue weighted by Gasteiger charge is -2.27. The van der Waals surface area contributed by atoms with Gasteiger partial charge in [0.05, 0.1) is 0 Å². The highest BCUT2D eigenvalue weighted by Crippen LogP contribution is 2.30. The Morgan fingerprint density at radius 2 is 1.79 bits per heavy atom. The molecule has 1 aromatic heterocycles. The van der Waals surface area contributed by atoms with Crippen molar-refractivity contribution in [2.45, 2.75) is 39.3 Å². The Kier molecular flexibility index (Phi) is 6.33. The first-order chi connectivity index (χ1) is 14.0. The van der Waals surface area contributed by atoms with Gasteiger partial charge >= 0.3 is 0 Å². The summed E-state index contributed by atoms with van der Waals surface area (Å²) < 4.78 is 0. The Balaban J connectivity index is 1.85. The number of aromatic amines is 1. The van der Waals surface area contributed by atoms with Crippen LogP contribution in [0.25, 0.3) is 22.5 Å². The third-order valence-corrected chi connectivity index (χ3v) is 4.81. The fourth-order valence-corrected chi connectivity index (χ4v) is 3.15. The molecule has 2 amide bonds. The van der Waals surface area contributed by atoms with Gasteiger partial charge in [-0.05, 0) is 40.5 Å². The minimum Gasteiger partial charge on any atom is -0.368 e. The number of rotatable bonds is 8. The minimum absolute atomic E-state index is 0.0777. The number of hydrogen-bond donors (Lipinski definition) is 2. The summed E-state index contributed by atoms with van der Waals surface area (Å²) in [6, 6.07) is 15.0. The molecule has 2 aromatic carbocycles. The predicted molar refractivity (Wildman–Crippen MR) is 109 cm³/mol. The molecule has 0 radical (unpaired) electrons. The van der Waals surface area contributed by atoms with Gasteiger partial charge in [0.15, 0.2) is 5.82 Å². The molecule has 0 fully saturated rings. The summed E-state index contributed by atoms with van der Waals surface area (Å²) in [6.45, 7) is 3.92. The van der Waals surface area contributed by atoms with Crippen molar-refractivity contribution in [1.82, 2.24) is 25.5 Å². The normalized spacial score (nSPS) is 11.8. The van der Waals surface area contributed by atoms with Crippen LogP contribution >= 0.6 is 0 Å². The van der Waals surface area contributed by atoms with E-state index in [4.69, 9.17) is 5.73 Å². The van der Waals surface area contributed by atoms with Crippen LogP contribution in [-0.2, 0) is 16.1 Å². The van der Waals surface area contributed by atoms with E-state index in [0.29, 0.717) is 25.2 Å². The standard InChI is InChI=1S/C21H24N6O2/c1-3-6-19(28)27(14(2)20(22)29)13-15-9-11-16(12-10-15)17-7-4-5-8-18(17)21-23-25-26-24-21/h4-5,7-12,14H,3,6,13H2,1-2H3,(H2,22,29)(H,23,24,25,26)/t14-/m0/s1. The number of benzene rings is 2. The maximum atomic E-state index is 12.5. The van der Waals surface area contributed by atoms with Crippen LogP contribution in [0.3, 0.4) is 0 Å². The fourth-order valence-electron chi connectivity index (χ4n) is 3.15. The Morgan fingerprint density at radius 1 is 1.10 bits per heavy atom. The number of nitrogens with zero attached hydrogens (tertiary/aromatic N) is 4. The minimum atomic E-state index is -0.659. The van der Waals surface area contributed by atoms with Crippen molar-refractivity contribution in [3.63, 3.8) is 0 Å². The molecule has 0 aliphatic rings. The van der Waals surface area contributed by atoms with Crippen molar-refractivity contribution in [1.29, 1.82) is 0 Å². The highest BCUT2D eigenvalue weighted by molar-refractivity contribution is 5.86. The summed E-state index contributed by atoms with van der Waals surface area (Å²) >= 11 is 0. The zero-order valence-electron chi connectivity index (χ0n) is 16.5. The largest absolute Gasteiger partial charge is 0.368 e. The Labute approximate surface area is 169 Å². The van der Waals surface area contributed by atoms with Gasteiger partial charge in [-0.15, -0.1) is 5.10 Å². The van der Waals surface area contributed by atoms with Crippen molar-refractivity contribution in [3.8, 4) is 22.5 Å². The highest BCUT2D eigenvalue weighted by Gasteiger charge is 2.23. The quantitative estimate of drug-likeness (QED) is 0.611. The maximum Gasteiger partial charge on any atom is 0.239 e. The number of aromatic nitrogens is 4. The van der Waals surface area contributed by atoms with Gasteiger partial charge in [0.1, 0.15) is 6.04 Å². The van der Waals surface area contributed by atoms with E-state index >= 15 is 0 Å². The summed E-state index contributed by atoms with van der Waals surface area (Å²) in [6.07, 6.45) is 1.10. The average Bonchev–Trinajstić information content (AvgIpc) is 3.27. The van der Waals surface area contributed by atoms with E-state index in [0.717, 1.165) is 22.3 Å². The summed E-state index contributed by atoms with van der Waals surface area (Å²) in [4.78, 5) is 25.6. The molecule has 1 heterocycles. The Morgan fingerprint density at radius 3 is 2.38 bits per heavy atom.